The van der Waals surface area contributed by atoms with Crippen molar-refractivity contribution in [1.29, 1.82) is 5.26 Å². The van der Waals surface area contributed by atoms with Gasteiger partial charge in [-0.25, -0.2) is 18.4 Å². The van der Waals surface area contributed by atoms with Crippen LogP contribution in [0.2, 0.25) is 0 Å². The van der Waals surface area contributed by atoms with Crippen molar-refractivity contribution in [3.63, 3.8) is 0 Å². The molecule has 0 aliphatic heterocycles. The maximum Gasteiger partial charge on any atom is 0.154 e. The Balaban J connectivity index is 3.22. The van der Waals surface area contributed by atoms with E-state index < -0.39 is 9.84 Å². The number of rotatable bonds is 2. The van der Waals surface area contributed by atoms with Gasteiger partial charge in [0.15, 0.2) is 9.84 Å². The molecule has 0 saturated carbocycles. The summed E-state index contributed by atoms with van der Waals surface area (Å²) in [4.78, 5) is 7.65. The molecule has 1 aromatic rings. The summed E-state index contributed by atoms with van der Waals surface area (Å²) in [5.74, 6) is -0.140. The molecule has 0 aromatic carbocycles. The fourth-order valence-electron chi connectivity index (χ4n) is 1.09. The summed E-state index contributed by atoms with van der Waals surface area (Å²) in [6.07, 6.45) is 1.08. The molecule has 7 heteroatoms. The summed E-state index contributed by atoms with van der Waals surface area (Å²) < 4.78 is 22.0. The van der Waals surface area contributed by atoms with Crippen molar-refractivity contribution < 1.29 is 8.42 Å². The molecule has 0 spiro atoms. The van der Waals surface area contributed by atoms with Crippen LogP contribution in [0.4, 0.5) is 5.82 Å². The minimum atomic E-state index is -3.19. The largest absolute Gasteiger partial charge is 0.382 e. The van der Waals surface area contributed by atoms with Gasteiger partial charge in [-0.3, -0.25) is 0 Å². The fraction of sp³-hybridized carbons (Fsp3) is 0.375. The highest BCUT2D eigenvalue weighted by atomic mass is 32.2. The molecule has 0 bridgehead atoms. The van der Waals surface area contributed by atoms with Gasteiger partial charge in [0.2, 0.25) is 0 Å². The molecule has 0 radical (unpaired) electrons. The smallest absolute Gasteiger partial charge is 0.154 e. The summed E-state index contributed by atoms with van der Waals surface area (Å²) in [7, 11) is -3.19. The van der Waals surface area contributed by atoms with Gasteiger partial charge < -0.3 is 5.73 Å². The van der Waals surface area contributed by atoms with Gasteiger partial charge in [0.25, 0.3) is 0 Å². The van der Waals surface area contributed by atoms with Gasteiger partial charge in [-0.15, -0.1) is 0 Å². The van der Waals surface area contributed by atoms with E-state index in [1.807, 2.05) is 6.07 Å². The van der Waals surface area contributed by atoms with Crippen LogP contribution in [0.5, 0.6) is 0 Å². The molecule has 0 saturated heterocycles. The summed E-state index contributed by atoms with van der Waals surface area (Å²) in [5, 5.41) is 8.69. The second-order valence-corrected chi connectivity index (χ2v) is 5.31. The van der Waals surface area contributed by atoms with Crippen LogP contribution in [-0.2, 0) is 15.6 Å². The van der Waals surface area contributed by atoms with E-state index in [1.165, 1.54) is 0 Å². The number of sulfone groups is 1. The van der Waals surface area contributed by atoms with Crippen molar-refractivity contribution in [3.05, 3.63) is 17.1 Å². The van der Waals surface area contributed by atoms with Gasteiger partial charge in [0.1, 0.15) is 29.0 Å². The van der Waals surface area contributed by atoms with Crippen molar-refractivity contribution in [1.82, 2.24) is 9.97 Å². The van der Waals surface area contributed by atoms with Gasteiger partial charge in [-0.05, 0) is 6.92 Å². The standard InChI is InChI=1S/C8H10N4O2S/c1-5-6(3-9)8(10)12-7(11-5)4-15(2,13)14/h4H2,1-2H3,(H2,10,11,12). The maximum atomic E-state index is 11.0. The van der Waals surface area contributed by atoms with E-state index in [2.05, 4.69) is 9.97 Å². The fourth-order valence-corrected chi connectivity index (χ4v) is 1.69. The molecule has 6 nitrogen and oxygen atoms in total. The zero-order valence-electron chi connectivity index (χ0n) is 8.35. The molecule has 0 aliphatic rings. The highest BCUT2D eigenvalue weighted by Crippen LogP contribution is 2.12. The number of nitrogen functional groups attached to an aromatic ring is 1. The third-order valence-electron chi connectivity index (χ3n) is 1.67. The molecule has 1 rings (SSSR count). The van der Waals surface area contributed by atoms with Gasteiger partial charge in [0, 0.05) is 6.26 Å². The molecule has 0 fully saturated rings. The van der Waals surface area contributed by atoms with Crippen LogP contribution >= 0.6 is 0 Å². The van der Waals surface area contributed by atoms with Crippen molar-refractivity contribution in [2.24, 2.45) is 0 Å². The van der Waals surface area contributed by atoms with Gasteiger partial charge >= 0.3 is 0 Å². The van der Waals surface area contributed by atoms with Crippen molar-refractivity contribution in [2.75, 3.05) is 12.0 Å². The van der Waals surface area contributed by atoms with E-state index in [9.17, 15) is 8.42 Å². The number of nitriles is 1. The van der Waals surface area contributed by atoms with Crippen molar-refractivity contribution in [2.45, 2.75) is 12.7 Å². The maximum absolute atomic E-state index is 11.0. The lowest BCUT2D eigenvalue weighted by atomic mass is 10.2. The highest BCUT2D eigenvalue weighted by molar-refractivity contribution is 7.89. The average molecular weight is 226 g/mol. The van der Waals surface area contributed by atoms with Gasteiger partial charge in [0.05, 0.1) is 5.69 Å². The van der Waals surface area contributed by atoms with Crippen LogP contribution in [0.3, 0.4) is 0 Å². The minimum absolute atomic E-state index is 0.0173. The molecular weight excluding hydrogens is 216 g/mol. The summed E-state index contributed by atoms with van der Waals surface area (Å²) >= 11 is 0. The number of nitrogens with two attached hydrogens (primary N) is 1. The molecule has 1 aromatic heterocycles. The molecule has 1 heterocycles. The van der Waals surface area contributed by atoms with E-state index in [0.717, 1.165) is 6.26 Å². The summed E-state index contributed by atoms with van der Waals surface area (Å²) in [6, 6.07) is 1.85. The normalized spacial score (nSPS) is 11.0. The zero-order valence-corrected chi connectivity index (χ0v) is 9.17. The SMILES string of the molecule is Cc1nc(CS(C)(=O)=O)nc(N)c1C#N. The monoisotopic (exact) mass is 226 g/mol. The van der Waals surface area contributed by atoms with Gasteiger partial charge in [-0.2, -0.15) is 5.26 Å². The topological polar surface area (TPSA) is 110 Å². The molecule has 80 valence electrons. The lowest BCUT2D eigenvalue weighted by Gasteiger charge is -2.03. The molecule has 0 aliphatic carbocycles. The lowest BCUT2D eigenvalue weighted by molar-refractivity contribution is 0.599. The Morgan fingerprint density at radius 3 is 2.47 bits per heavy atom. The van der Waals surface area contributed by atoms with Crippen molar-refractivity contribution in [3.8, 4) is 6.07 Å². The highest BCUT2D eigenvalue weighted by Gasteiger charge is 2.12. The number of anilines is 1. The first-order chi connectivity index (χ1) is 6.83. The molecule has 0 atom stereocenters. The minimum Gasteiger partial charge on any atom is -0.382 e. The van der Waals surface area contributed by atoms with Crippen LogP contribution in [0, 0.1) is 18.3 Å². The Hall–Kier alpha value is -1.68. The van der Waals surface area contributed by atoms with Crippen LogP contribution in [-0.4, -0.2) is 24.6 Å². The lowest BCUT2D eigenvalue weighted by Crippen LogP contribution is -2.09. The Bertz CT molecular complexity index is 507. The first-order valence-corrected chi connectivity index (χ1v) is 6.10. The third-order valence-corrected chi connectivity index (χ3v) is 2.45. The first-order valence-electron chi connectivity index (χ1n) is 4.04. The van der Waals surface area contributed by atoms with E-state index in [1.54, 1.807) is 6.92 Å². The third kappa shape index (κ3) is 2.89. The summed E-state index contributed by atoms with van der Waals surface area (Å²) in [5.41, 5.74) is 6.06. The number of hydrogen-bond donors (Lipinski definition) is 1. The van der Waals surface area contributed by atoms with Crippen LogP contribution in [0.15, 0.2) is 0 Å². The quantitative estimate of drug-likeness (QED) is 0.746. The van der Waals surface area contributed by atoms with Crippen LogP contribution in [0.25, 0.3) is 0 Å². The van der Waals surface area contributed by atoms with E-state index in [0.29, 0.717) is 5.69 Å². The van der Waals surface area contributed by atoms with E-state index in [4.69, 9.17) is 11.0 Å². The van der Waals surface area contributed by atoms with Crippen LogP contribution < -0.4 is 5.73 Å². The number of hydrogen-bond acceptors (Lipinski definition) is 6. The predicted octanol–water partition coefficient (Wildman–Crippen LogP) is -0.217. The molecule has 2 N–H and O–H groups in total. The zero-order chi connectivity index (χ0) is 11.6. The number of aryl methyl sites for hydroxylation is 1. The molecule has 0 amide bonds. The Morgan fingerprint density at radius 1 is 1.47 bits per heavy atom. The molecule has 0 unspecified atom stereocenters. The average Bonchev–Trinajstić information content (AvgIpc) is 1.99. The number of aromatic nitrogens is 2. The van der Waals surface area contributed by atoms with E-state index in [-0.39, 0.29) is 23.0 Å². The van der Waals surface area contributed by atoms with E-state index >= 15 is 0 Å². The Kier molecular flexibility index (Phi) is 2.90. The molecule has 15 heavy (non-hydrogen) atoms. The predicted molar refractivity (Wildman–Crippen MR) is 54.4 cm³/mol. The number of nitrogens with zero attached hydrogens (tertiary/aromatic N) is 3. The summed E-state index contributed by atoms with van der Waals surface area (Å²) in [6.45, 7) is 1.59. The second kappa shape index (κ2) is 3.82. The van der Waals surface area contributed by atoms with Crippen LogP contribution in [0.1, 0.15) is 17.1 Å². The Labute approximate surface area is 87.7 Å². The van der Waals surface area contributed by atoms with Crippen molar-refractivity contribution >= 4 is 15.7 Å². The first kappa shape index (κ1) is 11.4. The van der Waals surface area contributed by atoms with Gasteiger partial charge in [-0.1, -0.05) is 0 Å². The Morgan fingerprint density at radius 2 is 2.07 bits per heavy atom. The second-order valence-electron chi connectivity index (χ2n) is 3.17. The molecular formula is C8H10N4O2S.